The van der Waals surface area contributed by atoms with Crippen LogP contribution in [0.3, 0.4) is 0 Å². The van der Waals surface area contributed by atoms with Gasteiger partial charge in [-0.05, 0) is 51.8 Å². The Hall–Kier alpha value is -1.52. The Balaban J connectivity index is 2.04. The second-order valence-electron chi connectivity index (χ2n) is 4.04. The van der Waals surface area contributed by atoms with Crippen molar-refractivity contribution in [2.45, 2.75) is 6.54 Å². The SMILES string of the molecule is NC(=O)c1ccc(CNc2ccc(Cl)cc2Br)cc1. The molecular formula is C14H12BrClN2O. The number of carbonyl (C=O) groups is 1. The second kappa shape index (κ2) is 6.08. The number of halogens is 2. The van der Waals surface area contributed by atoms with Crippen LogP contribution in [0.4, 0.5) is 5.69 Å². The number of amides is 1. The quantitative estimate of drug-likeness (QED) is 0.890. The van der Waals surface area contributed by atoms with Gasteiger partial charge >= 0.3 is 0 Å². The lowest BCUT2D eigenvalue weighted by Crippen LogP contribution is -2.10. The molecule has 5 heteroatoms. The van der Waals surface area contributed by atoms with Crippen LogP contribution in [0.2, 0.25) is 5.02 Å². The molecule has 3 nitrogen and oxygen atoms in total. The van der Waals surface area contributed by atoms with Crippen molar-refractivity contribution in [3.8, 4) is 0 Å². The van der Waals surface area contributed by atoms with Gasteiger partial charge in [0, 0.05) is 27.3 Å². The molecule has 0 heterocycles. The fourth-order valence-corrected chi connectivity index (χ4v) is 2.44. The van der Waals surface area contributed by atoms with E-state index < -0.39 is 5.91 Å². The number of anilines is 1. The summed E-state index contributed by atoms with van der Waals surface area (Å²) in [5, 5.41) is 3.97. The molecule has 3 N–H and O–H groups in total. The van der Waals surface area contributed by atoms with Crippen molar-refractivity contribution in [2.24, 2.45) is 5.73 Å². The minimum absolute atomic E-state index is 0.417. The van der Waals surface area contributed by atoms with E-state index in [0.29, 0.717) is 17.1 Å². The van der Waals surface area contributed by atoms with Crippen molar-refractivity contribution in [3.05, 3.63) is 63.1 Å². The molecule has 0 bridgehead atoms. The van der Waals surface area contributed by atoms with Crippen molar-refractivity contribution in [1.29, 1.82) is 0 Å². The van der Waals surface area contributed by atoms with E-state index >= 15 is 0 Å². The summed E-state index contributed by atoms with van der Waals surface area (Å²) in [6.07, 6.45) is 0. The summed E-state index contributed by atoms with van der Waals surface area (Å²) < 4.78 is 0.911. The molecule has 19 heavy (non-hydrogen) atoms. The van der Waals surface area contributed by atoms with Crippen LogP contribution >= 0.6 is 27.5 Å². The highest BCUT2D eigenvalue weighted by molar-refractivity contribution is 9.10. The molecule has 0 aromatic heterocycles. The normalized spacial score (nSPS) is 10.2. The van der Waals surface area contributed by atoms with E-state index in [4.69, 9.17) is 17.3 Å². The number of nitrogens with two attached hydrogens (primary N) is 1. The monoisotopic (exact) mass is 338 g/mol. The highest BCUT2D eigenvalue weighted by atomic mass is 79.9. The van der Waals surface area contributed by atoms with Gasteiger partial charge in [-0.3, -0.25) is 4.79 Å². The third kappa shape index (κ3) is 3.72. The van der Waals surface area contributed by atoms with Crippen LogP contribution in [0.25, 0.3) is 0 Å². The van der Waals surface area contributed by atoms with E-state index in [2.05, 4.69) is 21.2 Å². The van der Waals surface area contributed by atoms with Gasteiger partial charge in [-0.25, -0.2) is 0 Å². The highest BCUT2D eigenvalue weighted by Crippen LogP contribution is 2.26. The Kier molecular flexibility index (Phi) is 4.45. The number of carbonyl (C=O) groups excluding carboxylic acids is 1. The maximum absolute atomic E-state index is 11.0. The lowest BCUT2D eigenvalue weighted by atomic mass is 10.1. The topological polar surface area (TPSA) is 55.1 Å². The fourth-order valence-electron chi connectivity index (χ4n) is 1.62. The molecule has 0 saturated heterocycles. The van der Waals surface area contributed by atoms with Crippen LogP contribution < -0.4 is 11.1 Å². The molecule has 0 unspecified atom stereocenters. The van der Waals surface area contributed by atoms with E-state index in [1.54, 1.807) is 12.1 Å². The molecule has 1 amide bonds. The molecule has 0 fully saturated rings. The summed E-state index contributed by atoms with van der Waals surface area (Å²) >= 11 is 9.32. The molecule has 0 saturated carbocycles. The van der Waals surface area contributed by atoms with Crippen LogP contribution in [-0.4, -0.2) is 5.91 Å². The number of primary amides is 1. The number of rotatable bonds is 4. The standard InChI is InChI=1S/C14H12BrClN2O/c15-12-7-11(16)5-6-13(12)18-8-9-1-3-10(4-2-9)14(17)19/h1-7,18H,8H2,(H2,17,19). The molecule has 0 radical (unpaired) electrons. The molecule has 0 aliphatic heterocycles. The minimum Gasteiger partial charge on any atom is -0.380 e. The van der Waals surface area contributed by atoms with Gasteiger partial charge in [0.05, 0.1) is 0 Å². The first-order valence-electron chi connectivity index (χ1n) is 5.64. The van der Waals surface area contributed by atoms with Gasteiger partial charge in [-0.1, -0.05) is 23.7 Å². The first-order chi connectivity index (χ1) is 9.06. The molecular weight excluding hydrogens is 328 g/mol. The van der Waals surface area contributed by atoms with Gasteiger partial charge in [0.1, 0.15) is 0 Å². The Morgan fingerprint density at radius 1 is 1.21 bits per heavy atom. The van der Waals surface area contributed by atoms with Gasteiger partial charge in [-0.15, -0.1) is 0 Å². The van der Waals surface area contributed by atoms with Crippen LogP contribution in [0, 0.1) is 0 Å². The Morgan fingerprint density at radius 3 is 2.47 bits per heavy atom. The summed E-state index contributed by atoms with van der Waals surface area (Å²) in [5.74, 6) is -0.417. The number of benzene rings is 2. The molecule has 0 spiro atoms. The van der Waals surface area contributed by atoms with Crippen LogP contribution in [-0.2, 0) is 6.54 Å². The van der Waals surface area contributed by atoms with Crippen molar-refractivity contribution >= 4 is 39.1 Å². The Morgan fingerprint density at radius 2 is 1.89 bits per heavy atom. The summed E-state index contributed by atoms with van der Waals surface area (Å²) in [6, 6.07) is 12.7. The predicted octanol–water partition coefficient (Wildman–Crippen LogP) is 3.81. The second-order valence-corrected chi connectivity index (χ2v) is 5.33. The summed E-state index contributed by atoms with van der Waals surface area (Å²) in [7, 11) is 0. The molecule has 0 aliphatic carbocycles. The maximum Gasteiger partial charge on any atom is 0.248 e. The van der Waals surface area contributed by atoms with Crippen molar-refractivity contribution < 1.29 is 4.79 Å². The third-order valence-electron chi connectivity index (χ3n) is 2.65. The van der Waals surface area contributed by atoms with E-state index in [9.17, 15) is 4.79 Å². The largest absolute Gasteiger partial charge is 0.380 e. The first kappa shape index (κ1) is 13.9. The Bertz CT molecular complexity index is 599. The predicted molar refractivity (Wildman–Crippen MR) is 81.4 cm³/mol. The lowest BCUT2D eigenvalue weighted by molar-refractivity contribution is 0.100. The van der Waals surface area contributed by atoms with Gasteiger partial charge in [0.25, 0.3) is 0 Å². The summed E-state index contributed by atoms with van der Waals surface area (Å²) in [6.45, 7) is 0.652. The number of hydrogen-bond donors (Lipinski definition) is 2. The van der Waals surface area contributed by atoms with Gasteiger partial charge in [0.15, 0.2) is 0 Å². The zero-order valence-corrected chi connectivity index (χ0v) is 12.3. The summed E-state index contributed by atoms with van der Waals surface area (Å²) in [5.41, 5.74) is 7.72. The fraction of sp³-hybridized carbons (Fsp3) is 0.0714. The molecule has 0 atom stereocenters. The molecule has 2 aromatic rings. The zero-order chi connectivity index (χ0) is 13.8. The van der Waals surface area contributed by atoms with Crippen molar-refractivity contribution in [2.75, 3.05) is 5.32 Å². The smallest absolute Gasteiger partial charge is 0.248 e. The van der Waals surface area contributed by atoms with Gasteiger partial charge in [-0.2, -0.15) is 0 Å². The third-order valence-corrected chi connectivity index (χ3v) is 3.54. The number of hydrogen-bond acceptors (Lipinski definition) is 2. The minimum atomic E-state index is -0.417. The van der Waals surface area contributed by atoms with E-state index in [-0.39, 0.29) is 0 Å². The van der Waals surface area contributed by atoms with Crippen molar-refractivity contribution in [1.82, 2.24) is 0 Å². The molecule has 2 rings (SSSR count). The average Bonchev–Trinajstić information content (AvgIpc) is 2.38. The van der Waals surface area contributed by atoms with E-state index in [1.807, 2.05) is 30.3 Å². The van der Waals surface area contributed by atoms with Gasteiger partial charge in [0.2, 0.25) is 5.91 Å². The summed E-state index contributed by atoms with van der Waals surface area (Å²) in [4.78, 5) is 11.0. The molecule has 98 valence electrons. The van der Waals surface area contributed by atoms with Crippen LogP contribution in [0.5, 0.6) is 0 Å². The van der Waals surface area contributed by atoms with E-state index in [1.165, 1.54) is 0 Å². The zero-order valence-electron chi connectivity index (χ0n) is 9.99. The molecule has 0 aliphatic rings. The van der Waals surface area contributed by atoms with Gasteiger partial charge < -0.3 is 11.1 Å². The van der Waals surface area contributed by atoms with E-state index in [0.717, 1.165) is 15.7 Å². The maximum atomic E-state index is 11.0. The molecule has 2 aromatic carbocycles. The van der Waals surface area contributed by atoms with Crippen molar-refractivity contribution in [3.63, 3.8) is 0 Å². The van der Waals surface area contributed by atoms with Crippen LogP contribution in [0.15, 0.2) is 46.9 Å². The highest BCUT2D eigenvalue weighted by Gasteiger charge is 2.02. The first-order valence-corrected chi connectivity index (χ1v) is 6.81. The average molecular weight is 340 g/mol. The number of nitrogens with one attached hydrogen (secondary N) is 1. The lowest BCUT2D eigenvalue weighted by Gasteiger charge is -2.09. The Labute approximate surface area is 124 Å². The van der Waals surface area contributed by atoms with Crippen LogP contribution in [0.1, 0.15) is 15.9 Å².